The predicted octanol–water partition coefficient (Wildman–Crippen LogP) is 3.57. The first-order chi connectivity index (χ1) is 9.47. The zero-order valence-electron chi connectivity index (χ0n) is 10.8. The van der Waals surface area contributed by atoms with Crippen molar-refractivity contribution in [2.75, 3.05) is 0 Å². The summed E-state index contributed by atoms with van der Waals surface area (Å²) in [4.78, 5) is 11.1. The van der Waals surface area contributed by atoms with Crippen LogP contribution in [0.4, 0.5) is 4.39 Å². The normalized spacial score (nSPS) is 10.3. The van der Waals surface area contributed by atoms with Gasteiger partial charge in [-0.3, -0.25) is 4.79 Å². The maximum absolute atomic E-state index is 13.6. The highest BCUT2D eigenvalue weighted by Crippen LogP contribution is 2.22. The zero-order chi connectivity index (χ0) is 14.7. The van der Waals surface area contributed by atoms with Crippen molar-refractivity contribution in [1.82, 2.24) is 0 Å². The van der Waals surface area contributed by atoms with Crippen LogP contribution >= 0.6 is 15.9 Å². The van der Waals surface area contributed by atoms with Gasteiger partial charge in [0.2, 0.25) is 5.91 Å². The summed E-state index contributed by atoms with van der Waals surface area (Å²) in [6.07, 6.45) is 0. The maximum Gasteiger partial charge on any atom is 0.248 e. The van der Waals surface area contributed by atoms with Gasteiger partial charge in [0.1, 0.15) is 18.2 Å². The average molecular weight is 338 g/mol. The lowest BCUT2D eigenvalue weighted by atomic mass is 10.1. The molecule has 0 radical (unpaired) electrons. The molecule has 0 aliphatic carbocycles. The van der Waals surface area contributed by atoms with Crippen molar-refractivity contribution in [2.45, 2.75) is 13.5 Å². The molecule has 3 nitrogen and oxygen atoms in total. The Balaban J connectivity index is 2.15. The fourth-order valence-electron chi connectivity index (χ4n) is 1.71. The van der Waals surface area contributed by atoms with Gasteiger partial charge in [0.05, 0.1) is 0 Å². The summed E-state index contributed by atoms with van der Waals surface area (Å²) in [5.41, 5.74) is 6.75. The Hall–Kier alpha value is -1.88. The number of hydrogen-bond donors (Lipinski definition) is 1. The third-order valence-electron chi connectivity index (χ3n) is 2.85. The van der Waals surface area contributed by atoms with Gasteiger partial charge >= 0.3 is 0 Å². The summed E-state index contributed by atoms with van der Waals surface area (Å²) in [7, 11) is 0. The molecule has 0 aromatic heterocycles. The zero-order valence-corrected chi connectivity index (χ0v) is 12.4. The van der Waals surface area contributed by atoms with E-state index in [2.05, 4.69) is 15.9 Å². The number of carbonyl (C=O) groups excluding carboxylic acids is 1. The summed E-state index contributed by atoms with van der Waals surface area (Å²) in [6, 6.07) is 9.47. The van der Waals surface area contributed by atoms with E-state index in [1.807, 2.05) is 19.1 Å². The van der Waals surface area contributed by atoms with Crippen LogP contribution in [0.1, 0.15) is 21.5 Å². The minimum absolute atomic E-state index is 0.0357. The number of carbonyl (C=O) groups is 1. The Kier molecular flexibility index (Phi) is 4.39. The standard InChI is InChI=1S/C15H13BrFNO2/c1-9-6-12(3-4-13(9)16)20-8-11-7-10(15(18)19)2-5-14(11)17/h2-7H,8H2,1H3,(H2,18,19). The molecular formula is C15H13BrFNO2. The lowest BCUT2D eigenvalue weighted by molar-refractivity contribution is 0.1000. The summed E-state index contributed by atoms with van der Waals surface area (Å²) >= 11 is 3.40. The predicted molar refractivity (Wildman–Crippen MR) is 78.1 cm³/mol. The molecular weight excluding hydrogens is 325 g/mol. The minimum atomic E-state index is -0.592. The fourth-order valence-corrected chi connectivity index (χ4v) is 1.95. The van der Waals surface area contributed by atoms with Gasteiger partial charge in [-0.1, -0.05) is 15.9 Å². The first-order valence-corrected chi connectivity index (χ1v) is 6.74. The van der Waals surface area contributed by atoms with Gasteiger partial charge in [-0.15, -0.1) is 0 Å². The van der Waals surface area contributed by atoms with Crippen molar-refractivity contribution in [2.24, 2.45) is 5.73 Å². The van der Waals surface area contributed by atoms with Crippen LogP contribution in [0.5, 0.6) is 5.75 Å². The number of benzene rings is 2. The molecule has 2 aromatic carbocycles. The van der Waals surface area contributed by atoms with Crippen LogP contribution in [0, 0.1) is 12.7 Å². The molecule has 0 heterocycles. The van der Waals surface area contributed by atoms with Crippen LogP contribution in [0.25, 0.3) is 0 Å². The number of aryl methyl sites for hydroxylation is 1. The monoisotopic (exact) mass is 337 g/mol. The van der Waals surface area contributed by atoms with E-state index in [1.54, 1.807) is 6.07 Å². The maximum atomic E-state index is 13.6. The second-order valence-electron chi connectivity index (χ2n) is 4.37. The molecule has 0 fully saturated rings. The van der Waals surface area contributed by atoms with Crippen molar-refractivity contribution in [3.8, 4) is 5.75 Å². The van der Waals surface area contributed by atoms with E-state index in [0.717, 1.165) is 10.0 Å². The Morgan fingerprint density at radius 3 is 2.70 bits per heavy atom. The number of nitrogens with two attached hydrogens (primary N) is 1. The van der Waals surface area contributed by atoms with Gasteiger partial charge < -0.3 is 10.5 Å². The van der Waals surface area contributed by atoms with Crippen molar-refractivity contribution >= 4 is 21.8 Å². The van der Waals surface area contributed by atoms with Gasteiger partial charge in [0, 0.05) is 15.6 Å². The van der Waals surface area contributed by atoms with E-state index in [-0.39, 0.29) is 12.2 Å². The average Bonchev–Trinajstić information content (AvgIpc) is 2.41. The first-order valence-electron chi connectivity index (χ1n) is 5.94. The highest BCUT2D eigenvalue weighted by Gasteiger charge is 2.08. The van der Waals surface area contributed by atoms with Gasteiger partial charge in [-0.05, 0) is 48.9 Å². The summed E-state index contributed by atoms with van der Waals surface area (Å²) in [5.74, 6) is -0.385. The number of halogens is 2. The van der Waals surface area contributed by atoms with Crippen molar-refractivity contribution in [3.05, 3.63) is 63.4 Å². The molecule has 0 aliphatic rings. The Labute approximate surface area is 124 Å². The van der Waals surface area contributed by atoms with E-state index < -0.39 is 11.7 Å². The van der Waals surface area contributed by atoms with Gasteiger partial charge in [0.25, 0.3) is 0 Å². The number of ether oxygens (including phenoxy) is 1. The topological polar surface area (TPSA) is 52.3 Å². The third-order valence-corrected chi connectivity index (χ3v) is 3.74. The molecule has 0 bridgehead atoms. The smallest absolute Gasteiger partial charge is 0.248 e. The van der Waals surface area contributed by atoms with E-state index in [9.17, 15) is 9.18 Å². The van der Waals surface area contributed by atoms with Crippen LogP contribution in [0.3, 0.4) is 0 Å². The molecule has 0 saturated carbocycles. The highest BCUT2D eigenvalue weighted by atomic mass is 79.9. The fraction of sp³-hybridized carbons (Fsp3) is 0.133. The molecule has 2 aromatic rings. The minimum Gasteiger partial charge on any atom is -0.489 e. The number of hydrogen-bond acceptors (Lipinski definition) is 2. The quantitative estimate of drug-likeness (QED) is 0.927. The van der Waals surface area contributed by atoms with Crippen molar-refractivity contribution in [3.63, 3.8) is 0 Å². The van der Waals surface area contributed by atoms with Crippen LogP contribution < -0.4 is 10.5 Å². The van der Waals surface area contributed by atoms with E-state index in [4.69, 9.17) is 10.5 Å². The largest absolute Gasteiger partial charge is 0.489 e. The Morgan fingerprint density at radius 1 is 1.30 bits per heavy atom. The summed E-state index contributed by atoms with van der Waals surface area (Å²) in [6.45, 7) is 1.97. The van der Waals surface area contributed by atoms with Crippen LogP contribution in [0.15, 0.2) is 40.9 Å². The van der Waals surface area contributed by atoms with E-state index >= 15 is 0 Å². The number of primary amides is 1. The molecule has 0 unspecified atom stereocenters. The third kappa shape index (κ3) is 3.36. The van der Waals surface area contributed by atoms with Crippen molar-refractivity contribution < 1.29 is 13.9 Å². The summed E-state index contributed by atoms with van der Waals surface area (Å²) < 4.78 is 20.1. The van der Waals surface area contributed by atoms with Gasteiger partial charge in [-0.25, -0.2) is 4.39 Å². The molecule has 1 amide bonds. The summed E-state index contributed by atoms with van der Waals surface area (Å²) in [5, 5.41) is 0. The molecule has 2 rings (SSSR count). The Morgan fingerprint density at radius 2 is 2.05 bits per heavy atom. The number of amides is 1. The first kappa shape index (κ1) is 14.5. The molecule has 0 spiro atoms. The molecule has 104 valence electrons. The van der Waals surface area contributed by atoms with Crippen molar-refractivity contribution in [1.29, 1.82) is 0 Å². The highest BCUT2D eigenvalue weighted by molar-refractivity contribution is 9.10. The second kappa shape index (κ2) is 6.05. The SMILES string of the molecule is Cc1cc(OCc2cc(C(N)=O)ccc2F)ccc1Br. The molecule has 2 N–H and O–H groups in total. The van der Waals surface area contributed by atoms with Crippen LogP contribution in [-0.4, -0.2) is 5.91 Å². The molecule has 0 atom stereocenters. The lowest BCUT2D eigenvalue weighted by Gasteiger charge is -2.09. The van der Waals surface area contributed by atoms with E-state index in [1.165, 1.54) is 18.2 Å². The van der Waals surface area contributed by atoms with Crippen LogP contribution in [-0.2, 0) is 6.61 Å². The van der Waals surface area contributed by atoms with E-state index in [0.29, 0.717) is 11.3 Å². The molecule has 0 saturated heterocycles. The number of rotatable bonds is 4. The second-order valence-corrected chi connectivity index (χ2v) is 5.22. The lowest BCUT2D eigenvalue weighted by Crippen LogP contribution is -2.12. The Bertz CT molecular complexity index is 658. The molecule has 20 heavy (non-hydrogen) atoms. The molecule has 0 aliphatic heterocycles. The van der Waals surface area contributed by atoms with Gasteiger partial charge in [0.15, 0.2) is 0 Å². The van der Waals surface area contributed by atoms with Crippen LogP contribution in [0.2, 0.25) is 0 Å². The molecule has 5 heteroatoms. The van der Waals surface area contributed by atoms with Gasteiger partial charge in [-0.2, -0.15) is 0 Å².